The van der Waals surface area contributed by atoms with E-state index in [4.69, 9.17) is 9.47 Å². The van der Waals surface area contributed by atoms with Crippen LogP contribution in [0, 0.1) is 5.82 Å². The fourth-order valence-corrected chi connectivity index (χ4v) is 3.79. The van der Waals surface area contributed by atoms with Gasteiger partial charge in [-0.2, -0.15) is 12.7 Å². The fraction of sp³-hybridized carbons (Fsp3) is 0.316. The Kier molecular flexibility index (Phi) is 6.23. The van der Waals surface area contributed by atoms with E-state index in [1.165, 1.54) is 32.3 Å². The van der Waals surface area contributed by atoms with Crippen molar-refractivity contribution in [2.45, 2.75) is 6.10 Å². The highest BCUT2D eigenvalue weighted by molar-refractivity contribution is 7.90. The Morgan fingerprint density at radius 3 is 2.48 bits per heavy atom. The number of nitrogens with zero attached hydrogens (tertiary/aromatic N) is 2. The van der Waals surface area contributed by atoms with E-state index in [1.807, 2.05) is 12.1 Å². The molecule has 0 saturated carbocycles. The van der Waals surface area contributed by atoms with Gasteiger partial charge in [-0.1, -0.05) is 24.3 Å². The molecule has 1 amide bonds. The van der Waals surface area contributed by atoms with Crippen LogP contribution < -0.4 is 19.1 Å². The minimum Gasteiger partial charge on any atom is -0.486 e. The highest BCUT2D eigenvalue weighted by Crippen LogP contribution is 2.30. The summed E-state index contributed by atoms with van der Waals surface area (Å²) in [5.74, 6) is -0.147. The monoisotopic (exact) mass is 423 g/mol. The van der Waals surface area contributed by atoms with Crippen LogP contribution in [0.2, 0.25) is 0 Å². The van der Waals surface area contributed by atoms with Gasteiger partial charge in [0, 0.05) is 14.1 Å². The maximum absolute atomic E-state index is 14.2. The van der Waals surface area contributed by atoms with Crippen LogP contribution in [0.1, 0.15) is 0 Å². The van der Waals surface area contributed by atoms with E-state index in [1.54, 1.807) is 12.1 Å². The maximum atomic E-state index is 14.2. The number of benzene rings is 2. The van der Waals surface area contributed by atoms with Gasteiger partial charge in [-0.05, 0) is 24.3 Å². The summed E-state index contributed by atoms with van der Waals surface area (Å²) >= 11 is 0. The van der Waals surface area contributed by atoms with E-state index in [-0.39, 0.29) is 18.8 Å². The molecule has 0 aromatic heterocycles. The third kappa shape index (κ3) is 4.77. The molecule has 1 aliphatic heterocycles. The van der Waals surface area contributed by atoms with E-state index < -0.39 is 34.6 Å². The molecule has 0 unspecified atom stereocenters. The van der Waals surface area contributed by atoms with Crippen molar-refractivity contribution in [2.75, 3.05) is 38.1 Å². The zero-order valence-electron chi connectivity index (χ0n) is 16.0. The summed E-state index contributed by atoms with van der Waals surface area (Å²) in [6.45, 7) is -0.226. The van der Waals surface area contributed by atoms with Crippen molar-refractivity contribution < 1.29 is 27.1 Å². The van der Waals surface area contributed by atoms with E-state index in [0.717, 1.165) is 14.7 Å². The van der Waals surface area contributed by atoms with Crippen molar-refractivity contribution in [3.05, 3.63) is 54.3 Å². The lowest BCUT2D eigenvalue weighted by atomic mass is 10.2. The number of anilines is 1. The number of nitrogens with one attached hydrogen (secondary N) is 1. The molecule has 0 bridgehead atoms. The summed E-state index contributed by atoms with van der Waals surface area (Å²) in [5, 5.41) is 2.62. The first-order valence-corrected chi connectivity index (χ1v) is 10.3. The Morgan fingerprint density at radius 2 is 1.79 bits per heavy atom. The van der Waals surface area contributed by atoms with Gasteiger partial charge in [-0.25, -0.2) is 8.70 Å². The number of hydrogen-bond acceptors (Lipinski definition) is 5. The molecule has 0 aliphatic carbocycles. The van der Waals surface area contributed by atoms with Crippen LogP contribution in [0.5, 0.6) is 11.5 Å². The summed E-state index contributed by atoms with van der Waals surface area (Å²) in [6, 6.07) is 12.6. The molecular formula is C19H22FN3O5S. The van der Waals surface area contributed by atoms with Gasteiger partial charge in [0.2, 0.25) is 5.91 Å². The number of carbonyl (C=O) groups excluding carboxylic acids is 1. The largest absolute Gasteiger partial charge is 0.486 e. The van der Waals surface area contributed by atoms with Crippen molar-refractivity contribution in [2.24, 2.45) is 0 Å². The zero-order chi connectivity index (χ0) is 21.0. The van der Waals surface area contributed by atoms with E-state index in [0.29, 0.717) is 11.5 Å². The number of rotatable bonds is 7. The van der Waals surface area contributed by atoms with Crippen molar-refractivity contribution in [1.29, 1.82) is 0 Å². The van der Waals surface area contributed by atoms with Crippen LogP contribution in [0.15, 0.2) is 48.5 Å². The maximum Gasteiger partial charge on any atom is 0.304 e. The molecule has 29 heavy (non-hydrogen) atoms. The van der Waals surface area contributed by atoms with Crippen LogP contribution in [-0.2, 0) is 15.0 Å². The molecule has 1 N–H and O–H groups in total. The molecule has 0 saturated heterocycles. The number of halogens is 1. The van der Waals surface area contributed by atoms with Crippen LogP contribution in [-0.4, -0.2) is 58.5 Å². The van der Waals surface area contributed by atoms with Gasteiger partial charge < -0.3 is 14.8 Å². The number of carbonyl (C=O) groups is 1. The topological polar surface area (TPSA) is 88.2 Å². The lowest BCUT2D eigenvalue weighted by molar-refractivity contribution is -0.120. The third-order valence-corrected chi connectivity index (χ3v) is 6.05. The minimum absolute atomic E-state index is 0.111. The van der Waals surface area contributed by atoms with Gasteiger partial charge in [0.1, 0.15) is 25.1 Å². The lowest BCUT2D eigenvalue weighted by Crippen LogP contribution is -2.48. The summed E-state index contributed by atoms with van der Waals surface area (Å²) in [6.07, 6.45) is -0.429. The SMILES string of the molecule is CN(C)S(=O)(=O)N(CC(=O)NC[C@H]1COc2ccccc2O1)c1ccccc1F. The summed E-state index contributed by atoms with van der Waals surface area (Å²) in [5.41, 5.74) is -0.206. The van der Waals surface area contributed by atoms with E-state index in [2.05, 4.69) is 5.32 Å². The predicted molar refractivity (Wildman–Crippen MR) is 106 cm³/mol. The lowest BCUT2D eigenvalue weighted by Gasteiger charge is -2.28. The van der Waals surface area contributed by atoms with Gasteiger partial charge >= 0.3 is 10.2 Å². The van der Waals surface area contributed by atoms with E-state index in [9.17, 15) is 17.6 Å². The van der Waals surface area contributed by atoms with Gasteiger partial charge in [-0.3, -0.25) is 4.79 Å². The molecule has 1 atom stereocenters. The second-order valence-corrected chi connectivity index (χ2v) is 8.62. The first-order chi connectivity index (χ1) is 13.8. The first-order valence-electron chi connectivity index (χ1n) is 8.89. The summed E-state index contributed by atoms with van der Waals surface area (Å²) in [4.78, 5) is 12.4. The van der Waals surface area contributed by atoms with Crippen LogP contribution in [0.25, 0.3) is 0 Å². The minimum atomic E-state index is -4.08. The molecule has 1 heterocycles. The Balaban J connectivity index is 1.67. The second-order valence-electron chi connectivity index (χ2n) is 6.55. The van der Waals surface area contributed by atoms with Gasteiger partial charge in [-0.15, -0.1) is 0 Å². The molecule has 3 rings (SSSR count). The molecule has 0 radical (unpaired) electrons. The van der Waals surface area contributed by atoms with Crippen LogP contribution in [0.4, 0.5) is 10.1 Å². The molecule has 8 nitrogen and oxygen atoms in total. The molecule has 156 valence electrons. The Labute approximate surface area is 169 Å². The van der Waals surface area contributed by atoms with Crippen LogP contribution in [0.3, 0.4) is 0 Å². The normalized spacial score (nSPS) is 15.8. The second kappa shape index (κ2) is 8.66. The molecule has 0 fully saturated rings. The number of amides is 1. The quantitative estimate of drug-likeness (QED) is 0.727. The molecule has 2 aromatic carbocycles. The summed E-state index contributed by atoms with van der Waals surface area (Å²) < 4.78 is 52.4. The predicted octanol–water partition coefficient (Wildman–Crippen LogP) is 1.39. The van der Waals surface area contributed by atoms with Crippen molar-refractivity contribution in [1.82, 2.24) is 9.62 Å². The van der Waals surface area contributed by atoms with Crippen molar-refractivity contribution in [3.8, 4) is 11.5 Å². The molecular weight excluding hydrogens is 401 g/mol. The standard InChI is InChI=1S/C19H22FN3O5S/c1-22(2)29(25,26)23(16-8-4-3-7-15(16)20)12-19(24)21-11-14-13-27-17-9-5-6-10-18(17)28-14/h3-10,14H,11-13H2,1-2H3,(H,21,24)/t14-/m0/s1. The van der Waals surface area contributed by atoms with E-state index >= 15 is 0 Å². The Hall–Kier alpha value is -2.85. The smallest absolute Gasteiger partial charge is 0.304 e. The summed E-state index contributed by atoms with van der Waals surface area (Å²) in [7, 11) is -1.46. The third-order valence-electron chi connectivity index (χ3n) is 4.24. The average molecular weight is 423 g/mol. The van der Waals surface area contributed by atoms with Crippen molar-refractivity contribution in [3.63, 3.8) is 0 Å². The molecule has 1 aliphatic rings. The average Bonchev–Trinajstić information content (AvgIpc) is 2.70. The highest BCUT2D eigenvalue weighted by Gasteiger charge is 2.29. The first kappa shape index (κ1) is 20.9. The number of ether oxygens (including phenoxy) is 2. The Morgan fingerprint density at radius 1 is 1.14 bits per heavy atom. The molecule has 2 aromatic rings. The molecule has 10 heteroatoms. The number of para-hydroxylation sites is 3. The fourth-order valence-electron chi connectivity index (χ4n) is 2.72. The van der Waals surface area contributed by atoms with Crippen LogP contribution >= 0.6 is 0 Å². The number of fused-ring (bicyclic) bond motifs is 1. The number of hydrogen-bond donors (Lipinski definition) is 1. The van der Waals surface area contributed by atoms with Crippen molar-refractivity contribution >= 4 is 21.8 Å². The molecule has 0 spiro atoms. The van der Waals surface area contributed by atoms with Gasteiger partial charge in [0.05, 0.1) is 12.2 Å². The van der Waals surface area contributed by atoms with Gasteiger partial charge in [0.15, 0.2) is 11.5 Å². The van der Waals surface area contributed by atoms with Gasteiger partial charge in [0.25, 0.3) is 0 Å². The highest BCUT2D eigenvalue weighted by atomic mass is 32.2. The Bertz CT molecular complexity index is 983. The zero-order valence-corrected chi connectivity index (χ0v) is 16.9.